The number of benzene rings is 4. The minimum Gasteiger partial charge on any atom is -0.435 e. The second-order valence-corrected chi connectivity index (χ2v) is 15.7. The largest absolute Gasteiger partial charge is 0.435 e. The van der Waals surface area contributed by atoms with E-state index < -0.39 is 8.38 Å². The number of rotatable bonds is 6. The lowest BCUT2D eigenvalue weighted by Gasteiger charge is -2.30. The number of hydrogen-bond donors (Lipinski definition) is 0. The van der Waals surface area contributed by atoms with E-state index in [2.05, 4.69) is 161 Å². The van der Waals surface area contributed by atoms with Crippen molar-refractivity contribution in [3.63, 3.8) is 0 Å². The minimum atomic E-state index is -1.47. The van der Waals surface area contributed by atoms with Crippen LogP contribution in [0.25, 0.3) is 11.1 Å². The van der Waals surface area contributed by atoms with Gasteiger partial charge in [-0.15, -0.1) is 0 Å². The summed E-state index contributed by atoms with van der Waals surface area (Å²) >= 11 is 0. The maximum absolute atomic E-state index is 6.93. The zero-order chi connectivity index (χ0) is 30.2. The van der Waals surface area contributed by atoms with Crippen molar-refractivity contribution in [3.8, 4) is 22.6 Å². The van der Waals surface area contributed by atoms with E-state index in [0.717, 1.165) is 16.8 Å². The van der Waals surface area contributed by atoms with E-state index in [-0.39, 0.29) is 16.2 Å². The van der Waals surface area contributed by atoms with Gasteiger partial charge in [0.15, 0.2) is 0 Å². The molecule has 4 aromatic carbocycles. The van der Waals surface area contributed by atoms with Gasteiger partial charge in [-0.2, -0.15) is 0 Å². The van der Waals surface area contributed by atoms with Crippen molar-refractivity contribution in [2.75, 3.05) is 0 Å². The van der Waals surface area contributed by atoms with E-state index in [1.54, 1.807) is 0 Å². The highest BCUT2D eigenvalue weighted by Crippen LogP contribution is 2.46. The first-order valence-electron chi connectivity index (χ1n) is 14.6. The summed E-state index contributed by atoms with van der Waals surface area (Å²) in [5, 5.41) is 1.04. The topological polar surface area (TPSA) is 18.5 Å². The van der Waals surface area contributed by atoms with Gasteiger partial charge in [0.25, 0.3) is 0 Å². The van der Waals surface area contributed by atoms with E-state index in [1.165, 1.54) is 38.9 Å². The van der Waals surface area contributed by atoms with Crippen LogP contribution < -0.4 is 14.4 Å². The van der Waals surface area contributed by atoms with Gasteiger partial charge in [0, 0.05) is 11.1 Å². The zero-order valence-corrected chi connectivity index (χ0v) is 27.7. The van der Waals surface area contributed by atoms with Crippen LogP contribution in [0.5, 0.6) is 11.5 Å². The van der Waals surface area contributed by atoms with Crippen LogP contribution in [0.1, 0.15) is 90.1 Å². The van der Waals surface area contributed by atoms with Crippen LogP contribution in [0.3, 0.4) is 0 Å². The molecule has 4 aromatic rings. The molecule has 0 N–H and O–H groups in total. The Morgan fingerprint density at radius 3 is 1.39 bits per heavy atom. The van der Waals surface area contributed by atoms with Gasteiger partial charge in [0.1, 0.15) is 11.5 Å². The van der Waals surface area contributed by atoms with E-state index in [4.69, 9.17) is 9.05 Å². The maximum Gasteiger partial charge on any atom is 0.326 e. The van der Waals surface area contributed by atoms with Gasteiger partial charge in [-0.25, -0.2) is 0 Å². The molecule has 0 radical (unpaired) electrons. The van der Waals surface area contributed by atoms with Gasteiger partial charge in [-0.1, -0.05) is 134 Å². The Hall–Kier alpha value is -3.09. The Morgan fingerprint density at radius 1 is 0.463 bits per heavy atom. The summed E-state index contributed by atoms with van der Waals surface area (Å²) in [6.07, 6.45) is 0. The Morgan fingerprint density at radius 2 is 0.902 bits per heavy atom. The quantitative estimate of drug-likeness (QED) is 0.216. The standard InChI is InChI=1S/C38H47O2P/c1-26-12-15-28(16-13-26)29-17-20-31(21-18-29)41(39-34-22-14-27(2)24-32(34)37(6,7)8)40-35-23-19-30(36(3,4)5)25-33(35)38(9,10)11/h12-25H,1-11H3. The molecule has 41 heavy (non-hydrogen) atoms. The summed E-state index contributed by atoms with van der Waals surface area (Å²) in [6, 6.07) is 30.4. The van der Waals surface area contributed by atoms with Crippen molar-refractivity contribution < 1.29 is 9.05 Å². The molecule has 0 aromatic heterocycles. The molecule has 0 aliphatic heterocycles. The normalized spacial score (nSPS) is 13.1. The van der Waals surface area contributed by atoms with E-state index in [9.17, 15) is 0 Å². The van der Waals surface area contributed by atoms with Crippen LogP contribution in [0.2, 0.25) is 0 Å². The molecule has 0 fully saturated rings. The third-order valence-electron chi connectivity index (χ3n) is 7.42. The molecular weight excluding hydrogens is 519 g/mol. The molecule has 0 saturated heterocycles. The molecule has 0 bridgehead atoms. The van der Waals surface area contributed by atoms with Gasteiger partial charge < -0.3 is 9.05 Å². The van der Waals surface area contributed by atoms with Crippen molar-refractivity contribution in [1.82, 2.24) is 0 Å². The Labute approximate surface area is 250 Å². The van der Waals surface area contributed by atoms with Crippen molar-refractivity contribution in [2.24, 2.45) is 0 Å². The Kier molecular flexibility index (Phi) is 8.77. The highest BCUT2D eigenvalue weighted by molar-refractivity contribution is 7.56. The lowest BCUT2D eigenvalue weighted by atomic mass is 9.80. The van der Waals surface area contributed by atoms with E-state index in [1.807, 2.05) is 0 Å². The third kappa shape index (κ3) is 7.60. The predicted octanol–water partition coefficient (Wildman–Crippen LogP) is 11.0. The highest BCUT2D eigenvalue weighted by Gasteiger charge is 2.28. The molecule has 0 aliphatic carbocycles. The Bertz CT molecular complexity index is 1480. The molecule has 1 atom stereocenters. The molecule has 0 amide bonds. The van der Waals surface area contributed by atoms with Crippen LogP contribution in [0.15, 0.2) is 84.9 Å². The second-order valence-electron chi connectivity index (χ2n) is 14.3. The lowest BCUT2D eigenvalue weighted by molar-refractivity contribution is 0.467. The summed E-state index contributed by atoms with van der Waals surface area (Å²) in [5.41, 5.74) is 8.44. The molecule has 0 aliphatic rings. The summed E-state index contributed by atoms with van der Waals surface area (Å²) < 4.78 is 13.8. The third-order valence-corrected chi connectivity index (χ3v) is 8.87. The molecule has 0 heterocycles. The lowest BCUT2D eigenvalue weighted by Crippen LogP contribution is -2.19. The van der Waals surface area contributed by atoms with Crippen LogP contribution in [-0.2, 0) is 16.2 Å². The zero-order valence-electron chi connectivity index (χ0n) is 26.8. The molecular formula is C38H47O2P. The van der Waals surface area contributed by atoms with Crippen molar-refractivity contribution >= 4 is 13.7 Å². The van der Waals surface area contributed by atoms with Gasteiger partial charge in [0.05, 0.1) is 5.30 Å². The fourth-order valence-corrected chi connectivity index (χ4v) is 6.11. The van der Waals surface area contributed by atoms with Crippen LogP contribution in [0.4, 0.5) is 0 Å². The first kappa shape index (κ1) is 30.9. The first-order chi connectivity index (χ1) is 19.0. The van der Waals surface area contributed by atoms with Gasteiger partial charge in [-0.05, 0) is 71.0 Å². The summed E-state index contributed by atoms with van der Waals surface area (Å²) in [7, 11) is -1.47. The molecule has 216 valence electrons. The van der Waals surface area contributed by atoms with Crippen molar-refractivity contribution in [1.29, 1.82) is 0 Å². The second kappa shape index (κ2) is 11.7. The summed E-state index contributed by atoms with van der Waals surface area (Å²) in [6.45, 7) is 24.5. The summed E-state index contributed by atoms with van der Waals surface area (Å²) in [4.78, 5) is 0. The molecule has 1 unspecified atom stereocenters. The highest BCUT2D eigenvalue weighted by atomic mass is 31.2. The molecule has 4 rings (SSSR count). The average molecular weight is 567 g/mol. The van der Waals surface area contributed by atoms with Gasteiger partial charge in [-0.3, -0.25) is 0 Å². The van der Waals surface area contributed by atoms with Gasteiger partial charge >= 0.3 is 8.38 Å². The van der Waals surface area contributed by atoms with Crippen LogP contribution in [0, 0.1) is 13.8 Å². The smallest absolute Gasteiger partial charge is 0.326 e. The molecule has 0 spiro atoms. The Balaban J connectivity index is 1.80. The molecule has 2 nitrogen and oxygen atoms in total. The van der Waals surface area contributed by atoms with Gasteiger partial charge in [0.2, 0.25) is 0 Å². The predicted molar refractivity (Wildman–Crippen MR) is 178 cm³/mol. The SMILES string of the molecule is Cc1ccc(-c2ccc(P(Oc3ccc(C)cc3C(C)(C)C)Oc3ccc(C(C)(C)C)cc3C(C)(C)C)cc2)cc1. The molecule has 0 saturated carbocycles. The average Bonchev–Trinajstić information content (AvgIpc) is 2.88. The minimum absolute atomic E-state index is 0.0507. The van der Waals surface area contributed by atoms with Crippen molar-refractivity contribution in [2.45, 2.75) is 92.4 Å². The van der Waals surface area contributed by atoms with Crippen molar-refractivity contribution in [3.05, 3.63) is 113 Å². The first-order valence-corrected chi connectivity index (χ1v) is 15.8. The van der Waals surface area contributed by atoms with E-state index in [0.29, 0.717) is 0 Å². The molecule has 3 heteroatoms. The van der Waals surface area contributed by atoms with Crippen LogP contribution >= 0.6 is 8.38 Å². The van der Waals surface area contributed by atoms with E-state index >= 15 is 0 Å². The monoisotopic (exact) mass is 566 g/mol. The van der Waals surface area contributed by atoms with Crippen LogP contribution in [-0.4, -0.2) is 0 Å². The summed E-state index contributed by atoms with van der Waals surface area (Å²) in [5.74, 6) is 1.75. The maximum atomic E-state index is 6.93. The number of aryl methyl sites for hydroxylation is 2. The fourth-order valence-electron chi connectivity index (χ4n) is 4.80. The fraction of sp³-hybridized carbons (Fsp3) is 0.368. The number of hydrogen-bond acceptors (Lipinski definition) is 2.